The molecule has 3 rings (SSSR count). The highest BCUT2D eigenvalue weighted by atomic mass is 32.1. The molecular formula is C16H21N3S. The van der Waals surface area contributed by atoms with Gasteiger partial charge in [-0.1, -0.05) is 12.1 Å². The fourth-order valence-corrected chi connectivity index (χ4v) is 2.96. The van der Waals surface area contributed by atoms with Crippen molar-refractivity contribution in [2.45, 2.75) is 38.9 Å². The predicted molar refractivity (Wildman–Crippen MR) is 85.3 cm³/mol. The molecule has 1 aromatic carbocycles. The quantitative estimate of drug-likeness (QED) is 0.883. The summed E-state index contributed by atoms with van der Waals surface area (Å²) in [6, 6.07) is 9.34. The second kappa shape index (κ2) is 5.94. The Morgan fingerprint density at radius 3 is 3.00 bits per heavy atom. The average Bonchev–Trinajstić information content (AvgIpc) is 3.16. The van der Waals surface area contributed by atoms with Crippen molar-refractivity contribution in [1.82, 2.24) is 10.3 Å². The van der Waals surface area contributed by atoms with E-state index in [9.17, 15) is 0 Å². The smallest absolute Gasteiger partial charge is 0.107 e. The first-order valence-electron chi connectivity index (χ1n) is 7.15. The fraction of sp³-hybridized carbons (Fsp3) is 0.438. The Hall–Kier alpha value is -1.39. The number of thiazole rings is 1. The Kier molecular flexibility index (Phi) is 4.03. The maximum Gasteiger partial charge on any atom is 0.107 e. The van der Waals surface area contributed by atoms with Gasteiger partial charge in [0.15, 0.2) is 0 Å². The van der Waals surface area contributed by atoms with Crippen molar-refractivity contribution in [2.75, 3.05) is 11.9 Å². The van der Waals surface area contributed by atoms with E-state index in [4.69, 9.17) is 4.98 Å². The van der Waals surface area contributed by atoms with Crippen molar-refractivity contribution in [3.05, 3.63) is 45.9 Å². The molecule has 0 unspecified atom stereocenters. The van der Waals surface area contributed by atoms with Crippen LogP contribution in [0.25, 0.3) is 0 Å². The van der Waals surface area contributed by atoms with Crippen LogP contribution in [0.3, 0.4) is 0 Å². The van der Waals surface area contributed by atoms with Crippen molar-refractivity contribution < 1.29 is 0 Å². The zero-order chi connectivity index (χ0) is 13.9. The lowest BCUT2D eigenvalue weighted by Gasteiger charge is -2.18. The van der Waals surface area contributed by atoms with Gasteiger partial charge in [0.1, 0.15) is 5.01 Å². The molecule has 4 heteroatoms. The predicted octanol–water partition coefficient (Wildman–Crippen LogP) is 3.34. The van der Waals surface area contributed by atoms with Crippen LogP contribution in [-0.2, 0) is 13.1 Å². The van der Waals surface area contributed by atoms with Crippen LogP contribution in [0.15, 0.2) is 29.6 Å². The number of aryl methyl sites for hydroxylation is 1. The summed E-state index contributed by atoms with van der Waals surface area (Å²) in [5.74, 6) is 0. The van der Waals surface area contributed by atoms with Crippen LogP contribution in [0.4, 0.5) is 5.69 Å². The molecule has 20 heavy (non-hydrogen) atoms. The molecule has 0 spiro atoms. The second-order valence-electron chi connectivity index (χ2n) is 5.58. The van der Waals surface area contributed by atoms with Crippen molar-refractivity contribution >= 4 is 17.0 Å². The molecule has 1 heterocycles. The van der Waals surface area contributed by atoms with E-state index in [0.29, 0.717) is 0 Å². The minimum Gasteiger partial charge on any atom is -0.369 e. The molecule has 0 radical (unpaired) electrons. The topological polar surface area (TPSA) is 28.2 Å². The first-order chi connectivity index (χ1) is 9.70. The van der Waals surface area contributed by atoms with Gasteiger partial charge in [0, 0.05) is 30.7 Å². The molecule has 1 N–H and O–H groups in total. The molecule has 1 aliphatic carbocycles. The van der Waals surface area contributed by atoms with Gasteiger partial charge in [0.05, 0.1) is 12.2 Å². The number of benzene rings is 1. The maximum atomic E-state index is 4.71. The van der Waals surface area contributed by atoms with E-state index in [2.05, 4.69) is 53.8 Å². The van der Waals surface area contributed by atoms with Gasteiger partial charge in [-0.25, -0.2) is 4.98 Å². The number of anilines is 1. The lowest BCUT2D eigenvalue weighted by atomic mass is 10.2. The third-order valence-corrected chi connectivity index (χ3v) is 4.46. The van der Waals surface area contributed by atoms with Crippen LogP contribution in [0, 0.1) is 6.92 Å². The third kappa shape index (κ3) is 3.58. The summed E-state index contributed by atoms with van der Waals surface area (Å²) in [5, 5.41) is 6.89. The zero-order valence-corrected chi connectivity index (χ0v) is 12.9. The van der Waals surface area contributed by atoms with Gasteiger partial charge < -0.3 is 10.2 Å². The molecule has 106 valence electrons. The van der Waals surface area contributed by atoms with Crippen molar-refractivity contribution in [3.8, 4) is 0 Å². The van der Waals surface area contributed by atoms with E-state index in [1.807, 2.05) is 0 Å². The van der Waals surface area contributed by atoms with Crippen LogP contribution >= 0.6 is 11.3 Å². The zero-order valence-electron chi connectivity index (χ0n) is 12.1. The minimum absolute atomic E-state index is 0.748. The molecule has 1 aliphatic rings. The molecule has 2 aromatic rings. The summed E-state index contributed by atoms with van der Waals surface area (Å²) in [7, 11) is 2.12. The highest BCUT2D eigenvalue weighted by molar-refractivity contribution is 7.09. The summed E-state index contributed by atoms with van der Waals surface area (Å²) < 4.78 is 0. The summed E-state index contributed by atoms with van der Waals surface area (Å²) in [4.78, 5) is 6.96. The molecule has 0 atom stereocenters. The monoisotopic (exact) mass is 287 g/mol. The summed E-state index contributed by atoms with van der Waals surface area (Å²) in [5.41, 5.74) is 3.70. The summed E-state index contributed by atoms with van der Waals surface area (Å²) >= 11 is 1.76. The number of nitrogens with zero attached hydrogens (tertiary/aromatic N) is 2. The summed E-state index contributed by atoms with van der Waals surface area (Å²) in [6.45, 7) is 3.91. The second-order valence-corrected chi connectivity index (χ2v) is 6.53. The Bertz CT molecular complexity index is 575. The molecular weight excluding hydrogens is 266 g/mol. The Morgan fingerprint density at radius 2 is 2.25 bits per heavy atom. The maximum absolute atomic E-state index is 4.71. The van der Waals surface area contributed by atoms with Gasteiger partial charge in [-0.05, 0) is 37.5 Å². The lowest BCUT2D eigenvalue weighted by Crippen LogP contribution is -2.17. The molecule has 1 aromatic heterocycles. The molecule has 0 amide bonds. The number of hydrogen-bond donors (Lipinski definition) is 1. The highest BCUT2D eigenvalue weighted by Gasteiger charge is 2.20. The van der Waals surface area contributed by atoms with Crippen LogP contribution in [0.1, 0.15) is 29.1 Å². The van der Waals surface area contributed by atoms with Gasteiger partial charge in [-0.3, -0.25) is 0 Å². The number of nitrogens with one attached hydrogen (secondary N) is 1. The third-order valence-electron chi connectivity index (χ3n) is 3.56. The van der Waals surface area contributed by atoms with Gasteiger partial charge in [-0.15, -0.1) is 11.3 Å². The SMILES string of the molecule is Cc1cccc(N(C)Cc2csc(CNC3CC3)n2)c1. The molecule has 0 bridgehead atoms. The molecule has 0 aliphatic heterocycles. The van der Waals surface area contributed by atoms with Crippen LogP contribution in [0.2, 0.25) is 0 Å². The van der Waals surface area contributed by atoms with E-state index < -0.39 is 0 Å². The normalized spacial score (nSPS) is 14.5. The largest absolute Gasteiger partial charge is 0.369 e. The van der Waals surface area contributed by atoms with E-state index in [-0.39, 0.29) is 0 Å². The first-order valence-corrected chi connectivity index (χ1v) is 8.03. The lowest BCUT2D eigenvalue weighted by molar-refractivity contribution is 0.682. The standard InChI is InChI=1S/C16H21N3S/c1-12-4-3-5-15(8-12)19(2)10-14-11-20-16(18-14)9-17-13-6-7-13/h3-5,8,11,13,17H,6-7,9-10H2,1-2H3. The van der Waals surface area contributed by atoms with Gasteiger partial charge in [-0.2, -0.15) is 0 Å². The van der Waals surface area contributed by atoms with Crippen molar-refractivity contribution in [1.29, 1.82) is 0 Å². The Labute approximate surface area is 124 Å². The molecule has 3 nitrogen and oxygen atoms in total. The Morgan fingerprint density at radius 1 is 1.40 bits per heavy atom. The van der Waals surface area contributed by atoms with E-state index in [1.54, 1.807) is 11.3 Å². The molecule has 0 saturated heterocycles. The Balaban J connectivity index is 1.59. The van der Waals surface area contributed by atoms with Crippen molar-refractivity contribution in [3.63, 3.8) is 0 Å². The van der Waals surface area contributed by atoms with Gasteiger partial charge in [0.2, 0.25) is 0 Å². The number of aromatic nitrogens is 1. The van der Waals surface area contributed by atoms with E-state index >= 15 is 0 Å². The fourth-order valence-electron chi connectivity index (χ4n) is 2.22. The van der Waals surface area contributed by atoms with Gasteiger partial charge in [0.25, 0.3) is 0 Å². The van der Waals surface area contributed by atoms with Crippen LogP contribution in [-0.4, -0.2) is 18.1 Å². The number of hydrogen-bond acceptors (Lipinski definition) is 4. The molecule has 1 fully saturated rings. The van der Waals surface area contributed by atoms with Crippen molar-refractivity contribution in [2.24, 2.45) is 0 Å². The van der Waals surface area contributed by atoms with Crippen LogP contribution < -0.4 is 10.2 Å². The van der Waals surface area contributed by atoms with Crippen LogP contribution in [0.5, 0.6) is 0 Å². The highest BCUT2D eigenvalue weighted by Crippen LogP contribution is 2.21. The van der Waals surface area contributed by atoms with Gasteiger partial charge >= 0.3 is 0 Å². The first kappa shape index (κ1) is 13.6. The van der Waals surface area contributed by atoms with E-state index in [0.717, 1.165) is 24.8 Å². The van der Waals surface area contributed by atoms with E-state index in [1.165, 1.54) is 29.1 Å². The minimum atomic E-state index is 0.748. The summed E-state index contributed by atoms with van der Waals surface area (Å²) in [6.07, 6.45) is 2.66. The average molecular weight is 287 g/mol. The molecule has 1 saturated carbocycles. The number of rotatable bonds is 6.